The minimum Gasteiger partial charge on any atom is -0.323 e. The third kappa shape index (κ3) is 3.78. The van der Waals surface area contributed by atoms with Gasteiger partial charge in [0.25, 0.3) is 0 Å². The summed E-state index contributed by atoms with van der Waals surface area (Å²) in [6, 6.07) is 7.23. The molecule has 1 aliphatic heterocycles. The first kappa shape index (κ1) is 15.4. The maximum atomic E-state index is 13.7. The molecule has 1 aliphatic rings. The Balaban J connectivity index is 1.85. The second-order valence-electron chi connectivity index (χ2n) is 5.72. The molecule has 1 aromatic rings. The molecule has 0 spiro atoms. The van der Waals surface area contributed by atoms with Gasteiger partial charge in [0.1, 0.15) is 5.82 Å². The summed E-state index contributed by atoms with van der Waals surface area (Å²) in [7, 11) is 0. The highest BCUT2D eigenvalue weighted by atomic mass is 19.1. The van der Waals surface area contributed by atoms with Gasteiger partial charge in [-0.15, -0.1) is 0 Å². The summed E-state index contributed by atoms with van der Waals surface area (Å²) in [5, 5.41) is 0. The lowest BCUT2D eigenvalue weighted by Gasteiger charge is -2.38. The first-order chi connectivity index (χ1) is 9.61. The van der Waals surface area contributed by atoms with Crippen molar-refractivity contribution < 1.29 is 4.39 Å². The molecule has 1 aromatic carbocycles. The van der Waals surface area contributed by atoms with E-state index in [2.05, 4.69) is 23.6 Å². The molecule has 1 heterocycles. The van der Waals surface area contributed by atoms with Crippen molar-refractivity contribution in [2.45, 2.75) is 32.4 Å². The Morgan fingerprint density at radius 2 is 1.85 bits per heavy atom. The van der Waals surface area contributed by atoms with Gasteiger partial charge in [0, 0.05) is 50.4 Å². The Morgan fingerprint density at radius 3 is 2.45 bits per heavy atom. The van der Waals surface area contributed by atoms with E-state index >= 15 is 0 Å². The van der Waals surface area contributed by atoms with E-state index in [-0.39, 0.29) is 11.9 Å². The van der Waals surface area contributed by atoms with Gasteiger partial charge in [-0.1, -0.05) is 25.1 Å². The van der Waals surface area contributed by atoms with Crippen molar-refractivity contribution in [2.24, 2.45) is 5.73 Å². The zero-order valence-corrected chi connectivity index (χ0v) is 12.6. The number of halogens is 1. The third-order valence-corrected chi connectivity index (χ3v) is 4.38. The smallest absolute Gasteiger partial charge is 0.128 e. The van der Waals surface area contributed by atoms with Gasteiger partial charge in [-0.25, -0.2) is 4.39 Å². The van der Waals surface area contributed by atoms with E-state index in [0.29, 0.717) is 11.6 Å². The molecule has 4 heteroatoms. The number of hydrogen-bond donors (Lipinski definition) is 1. The number of nitrogens with zero attached hydrogens (tertiary/aromatic N) is 2. The van der Waals surface area contributed by atoms with Crippen LogP contribution in [0.3, 0.4) is 0 Å². The number of benzene rings is 1. The molecule has 20 heavy (non-hydrogen) atoms. The second kappa shape index (κ2) is 7.16. The predicted molar refractivity (Wildman–Crippen MR) is 81.1 cm³/mol. The Labute approximate surface area is 121 Å². The Hall–Kier alpha value is -0.970. The monoisotopic (exact) mass is 279 g/mol. The van der Waals surface area contributed by atoms with Crippen LogP contribution in [0.15, 0.2) is 24.3 Å². The van der Waals surface area contributed by atoms with Gasteiger partial charge in [-0.2, -0.15) is 0 Å². The molecule has 0 aliphatic carbocycles. The summed E-state index contributed by atoms with van der Waals surface area (Å²) in [6.45, 7) is 9.44. The highest BCUT2D eigenvalue weighted by Crippen LogP contribution is 2.17. The second-order valence-corrected chi connectivity index (χ2v) is 5.72. The van der Waals surface area contributed by atoms with Crippen molar-refractivity contribution >= 4 is 0 Å². The fourth-order valence-corrected chi connectivity index (χ4v) is 2.80. The summed E-state index contributed by atoms with van der Waals surface area (Å²) in [4.78, 5) is 4.86. The molecule has 2 atom stereocenters. The van der Waals surface area contributed by atoms with Gasteiger partial charge in [-0.3, -0.25) is 9.80 Å². The third-order valence-electron chi connectivity index (χ3n) is 4.38. The van der Waals surface area contributed by atoms with Gasteiger partial charge >= 0.3 is 0 Å². The average Bonchev–Trinajstić information content (AvgIpc) is 2.47. The Morgan fingerprint density at radius 1 is 1.20 bits per heavy atom. The lowest BCUT2D eigenvalue weighted by atomic mass is 10.1. The molecule has 1 fully saturated rings. The van der Waals surface area contributed by atoms with Crippen molar-refractivity contribution in [3.8, 4) is 0 Å². The highest BCUT2D eigenvalue weighted by Gasteiger charge is 2.22. The van der Waals surface area contributed by atoms with Gasteiger partial charge in [-0.05, 0) is 19.4 Å². The van der Waals surface area contributed by atoms with Gasteiger partial charge < -0.3 is 5.73 Å². The van der Waals surface area contributed by atoms with Crippen molar-refractivity contribution in [1.82, 2.24) is 9.80 Å². The van der Waals surface area contributed by atoms with E-state index in [9.17, 15) is 4.39 Å². The van der Waals surface area contributed by atoms with E-state index in [4.69, 9.17) is 5.73 Å². The summed E-state index contributed by atoms with van der Waals surface area (Å²) in [5.41, 5.74) is 6.77. The van der Waals surface area contributed by atoms with Crippen LogP contribution in [-0.4, -0.2) is 48.6 Å². The molecule has 0 saturated carbocycles. The first-order valence-corrected chi connectivity index (χ1v) is 7.58. The average molecular weight is 279 g/mol. The van der Waals surface area contributed by atoms with Crippen LogP contribution in [0.2, 0.25) is 0 Å². The summed E-state index contributed by atoms with van der Waals surface area (Å²) in [5.74, 6) is -0.196. The molecule has 0 amide bonds. The number of nitrogens with two attached hydrogens (primary N) is 1. The normalized spacial score (nSPS) is 20.8. The molecule has 0 radical (unpaired) electrons. The fraction of sp³-hybridized carbons (Fsp3) is 0.625. The molecular weight excluding hydrogens is 253 g/mol. The van der Waals surface area contributed by atoms with E-state index < -0.39 is 0 Å². The largest absolute Gasteiger partial charge is 0.323 e. The van der Waals surface area contributed by atoms with Crippen LogP contribution in [0.5, 0.6) is 0 Å². The highest BCUT2D eigenvalue weighted by molar-refractivity contribution is 5.21. The van der Waals surface area contributed by atoms with E-state index in [1.165, 1.54) is 12.5 Å². The molecule has 0 aromatic heterocycles. The molecule has 112 valence electrons. The zero-order valence-electron chi connectivity index (χ0n) is 12.6. The van der Waals surface area contributed by atoms with Gasteiger partial charge in [0.15, 0.2) is 0 Å². The maximum Gasteiger partial charge on any atom is 0.128 e. The summed E-state index contributed by atoms with van der Waals surface area (Å²) < 4.78 is 13.7. The van der Waals surface area contributed by atoms with E-state index in [1.807, 2.05) is 6.07 Å². The molecule has 3 nitrogen and oxygen atoms in total. The minimum atomic E-state index is -0.244. The Kier molecular flexibility index (Phi) is 5.52. The van der Waals surface area contributed by atoms with Crippen LogP contribution in [-0.2, 0) is 0 Å². The van der Waals surface area contributed by atoms with Crippen LogP contribution in [0.25, 0.3) is 0 Å². The molecular formula is C16H26FN3. The van der Waals surface area contributed by atoms with Crippen LogP contribution >= 0.6 is 0 Å². The van der Waals surface area contributed by atoms with Gasteiger partial charge in [0.05, 0.1) is 0 Å². The van der Waals surface area contributed by atoms with E-state index in [0.717, 1.165) is 32.7 Å². The summed E-state index contributed by atoms with van der Waals surface area (Å²) in [6.07, 6.45) is 1.19. The molecule has 1 saturated heterocycles. The van der Waals surface area contributed by atoms with Crippen LogP contribution in [0.1, 0.15) is 31.9 Å². The molecule has 2 unspecified atom stereocenters. The van der Waals surface area contributed by atoms with Crippen LogP contribution < -0.4 is 5.73 Å². The summed E-state index contributed by atoms with van der Waals surface area (Å²) >= 11 is 0. The van der Waals surface area contributed by atoms with Gasteiger partial charge in [0.2, 0.25) is 0 Å². The van der Waals surface area contributed by atoms with Crippen LogP contribution in [0.4, 0.5) is 4.39 Å². The van der Waals surface area contributed by atoms with Crippen molar-refractivity contribution in [3.05, 3.63) is 35.6 Å². The molecule has 2 N–H and O–H groups in total. The Bertz CT molecular complexity index is 416. The lowest BCUT2D eigenvalue weighted by Crippen LogP contribution is -2.50. The van der Waals surface area contributed by atoms with Crippen LogP contribution in [0, 0.1) is 5.82 Å². The SMILES string of the molecule is CCC(C)N1CCN(CC(N)c2ccccc2F)CC1. The molecule has 0 bridgehead atoms. The van der Waals surface area contributed by atoms with Crippen molar-refractivity contribution in [1.29, 1.82) is 0 Å². The zero-order chi connectivity index (χ0) is 14.5. The fourth-order valence-electron chi connectivity index (χ4n) is 2.80. The van der Waals surface area contributed by atoms with Crippen molar-refractivity contribution in [2.75, 3.05) is 32.7 Å². The number of hydrogen-bond acceptors (Lipinski definition) is 3. The quantitative estimate of drug-likeness (QED) is 0.897. The number of piperazine rings is 1. The van der Waals surface area contributed by atoms with E-state index in [1.54, 1.807) is 12.1 Å². The topological polar surface area (TPSA) is 32.5 Å². The maximum absolute atomic E-state index is 13.7. The predicted octanol–water partition coefficient (Wildman–Crippen LogP) is 2.24. The first-order valence-electron chi connectivity index (χ1n) is 7.58. The van der Waals surface area contributed by atoms with Crippen molar-refractivity contribution in [3.63, 3.8) is 0 Å². The molecule has 2 rings (SSSR count). The minimum absolute atomic E-state index is 0.196. The lowest BCUT2D eigenvalue weighted by molar-refractivity contribution is 0.0966. The standard InChI is InChI=1S/C16H26FN3/c1-3-13(2)20-10-8-19(9-11-20)12-16(18)14-6-4-5-7-15(14)17/h4-7,13,16H,3,8-12,18H2,1-2H3. The number of rotatable bonds is 5.